The Morgan fingerprint density at radius 2 is 1.88 bits per heavy atom. The molecular weight excluding hydrogens is 358 g/mol. The molecule has 134 valence electrons. The Balaban J connectivity index is 1.78. The highest BCUT2D eigenvalue weighted by atomic mass is 35.5. The fourth-order valence-electron chi connectivity index (χ4n) is 3.07. The summed E-state index contributed by atoms with van der Waals surface area (Å²) in [6.45, 7) is 1.45. The number of aryl methyl sites for hydroxylation is 2. The maximum Gasteiger partial charge on any atom is 0.345 e. The van der Waals surface area contributed by atoms with Crippen molar-refractivity contribution in [3.8, 4) is 0 Å². The standard InChI is InChI=1S/C19H16ClNO5/c1-11(18(22)14-6-5-12-3-2-4-13(12)9-14)26-19(23)16-10-15(20)7-8-17(16)21(24)25/h5-11H,2-4H2,1H3. The first-order valence-electron chi connectivity index (χ1n) is 8.18. The Hall–Kier alpha value is -2.73. The van der Waals surface area contributed by atoms with E-state index in [1.54, 1.807) is 6.07 Å². The number of halogens is 1. The highest BCUT2D eigenvalue weighted by Gasteiger charge is 2.26. The van der Waals surface area contributed by atoms with Crippen molar-refractivity contribution in [2.45, 2.75) is 32.3 Å². The maximum atomic E-state index is 12.6. The van der Waals surface area contributed by atoms with Crippen molar-refractivity contribution in [1.82, 2.24) is 0 Å². The van der Waals surface area contributed by atoms with Gasteiger partial charge in [-0.3, -0.25) is 14.9 Å². The van der Waals surface area contributed by atoms with Crippen LogP contribution in [0.5, 0.6) is 0 Å². The molecular formula is C19H16ClNO5. The predicted octanol–water partition coefficient (Wildman–Crippen LogP) is 4.17. The number of rotatable bonds is 5. The van der Waals surface area contributed by atoms with Crippen molar-refractivity contribution in [2.75, 3.05) is 0 Å². The van der Waals surface area contributed by atoms with Gasteiger partial charge in [-0.1, -0.05) is 23.7 Å². The van der Waals surface area contributed by atoms with Crippen molar-refractivity contribution < 1.29 is 19.2 Å². The minimum atomic E-state index is -1.07. The highest BCUT2D eigenvalue weighted by Crippen LogP contribution is 2.26. The van der Waals surface area contributed by atoms with Crippen LogP contribution in [0, 0.1) is 10.1 Å². The van der Waals surface area contributed by atoms with Crippen LogP contribution in [0.2, 0.25) is 5.02 Å². The van der Waals surface area contributed by atoms with Gasteiger partial charge in [-0.15, -0.1) is 0 Å². The van der Waals surface area contributed by atoms with Crippen LogP contribution >= 0.6 is 11.6 Å². The largest absolute Gasteiger partial charge is 0.450 e. The minimum absolute atomic E-state index is 0.167. The first-order valence-corrected chi connectivity index (χ1v) is 8.55. The zero-order valence-electron chi connectivity index (χ0n) is 14.0. The lowest BCUT2D eigenvalue weighted by atomic mass is 10.0. The summed E-state index contributed by atoms with van der Waals surface area (Å²) in [4.78, 5) is 35.3. The van der Waals surface area contributed by atoms with Gasteiger partial charge >= 0.3 is 5.97 Å². The van der Waals surface area contributed by atoms with Crippen LogP contribution in [0.1, 0.15) is 45.2 Å². The quantitative estimate of drug-likeness (QED) is 0.340. The van der Waals surface area contributed by atoms with E-state index < -0.39 is 22.7 Å². The van der Waals surface area contributed by atoms with Gasteiger partial charge in [-0.25, -0.2) is 4.79 Å². The minimum Gasteiger partial charge on any atom is -0.450 e. The van der Waals surface area contributed by atoms with Crippen molar-refractivity contribution in [2.24, 2.45) is 0 Å². The fourth-order valence-corrected chi connectivity index (χ4v) is 3.24. The van der Waals surface area contributed by atoms with E-state index in [-0.39, 0.29) is 16.4 Å². The zero-order valence-corrected chi connectivity index (χ0v) is 14.8. The Morgan fingerprint density at radius 3 is 2.62 bits per heavy atom. The van der Waals surface area contributed by atoms with Crippen molar-refractivity contribution >= 4 is 29.0 Å². The molecule has 0 radical (unpaired) electrons. The molecule has 26 heavy (non-hydrogen) atoms. The number of nitro benzene ring substituents is 1. The third-order valence-electron chi connectivity index (χ3n) is 4.41. The monoisotopic (exact) mass is 373 g/mol. The number of carbonyl (C=O) groups excluding carboxylic acids is 2. The SMILES string of the molecule is CC(OC(=O)c1cc(Cl)ccc1[N+](=O)[O-])C(=O)c1ccc2c(c1)CCC2. The Labute approximate surface area is 154 Å². The van der Waals surface area contributed by atoms with Crippen molar-refractivity contribution in [3.63, 3.8) is 0 Å². The lowest BCUT2D eigenvalue weighted by Gasteiger charge is -2.13. The highest BCUT2D eigenvalue weighted by molar-refractivity contribution is 6.31. The average Bonchev–Trinajstić information content (AvgIpc) is 3.08. The molecule has 2 aromatic carbocycles. The number of fused-ring (bicyclic) bond motifs is 1. The first-order chi connectivity index (χ1) is 12.4. The second-order valence-corrected chi connectivity index (χ2v) is 6.60. The number of nitro groups is 1. The molecule has 3 rings (SSSR count). The van der Waals surface area contributed by atoms with Crippen LogP contribution in [0.25, 0.3) is 0 Å². The molecule has 7 heteroatoms. The van der Waals surface area contributed by atoms with E-state index in [2.05, 4.69) is 0 Å². The lowest BCUT2D eigenvalue weighted by Crippen LogP contribution is -2.25. The summed E-state index contributed by atoms with van der Waals surface area (Å²) in [5, 5.41) is 11.2. The number of carbonyl (C=O) groups is 2. The summed E-state index contributed by atoms with van der Waals surface area (Å²) in [7, 11) is 0. The van der Waals surface area contributed by atoms with Gasteiger partial charge in [0, 0.05) is 16.7 Å². The molecule has 0 N–H and O–H groups in total. The second kappa shape index (κ2) is 7.25. The molecule has 0 saturated carbocycles. The fraction of sp³-hybridized carbons (Fsp3) is 0.263. The molecule has 0 heterocycles. The van der Waals surface area contributed by atoms with Gasteiger partial charge in [0.05, 0.1) is 4.92 Å². The van der Waals surface area contributed by atoms with Gasteiger partial charge in [-0.05, 0) is 55.5 Å². The summed E-state index contributed by atoms with van der Waals surface area (Å²) in [5.41, 5.74) is 2.14. The van der Waals surface area contributed by atoms with E-state index in [0.29, 0.717) is 5.56 Å². The van der Waals surface area contributed by atoms with Crippen LogP contribution in [0.15, 0.2) is 36.4 Å². The van der Waals surface area contributed by atoms with Crippen LogP contribution in [0.4, 0.5) is 5.69 Å². The van der Waals surface area contributed by atoms with Gasteiger partial charge < -0.3 is 4.74 Å². The van der Waals surface area contributed by atoms with Crippen molar-refractivity contribution in [3.05, 3.63) is 73.8 Å². The maximum absolute atomic E-state index is 12.6. The third-order valence-corrected chi connectivity index (χ3v) is 4.65. The smallest absolute Gasteiger partial charge is 0.345 e. The molecule has 0 bridgehead atoms. The van der Waals surface area contributed by atoms with E-state index in [9.17, 15) is 19.7 Å². The van der Waals surface area contributed by atoms with Gasteiger partial charge in [0.1, 0.15) is 5.56 Å². The number of ether oxygens (including phenoxy) is 1. The molecule has 0 spiro atoms. The Morgan fingerprint density at radius 1 is 1.15 bits per heavy atom. The van der Waals surface area contributed by atoms with Crippen LogP contribution in [0.3, 0.4) is 0 Å². The van der Waals surface area contributed by atoms with Crippen LogP contribution in [-0.2, 0) is 17.6 Å². The molecule has 1 aliphatic rings. The average molecular weight is 374 g/mol. The first kappa shape index (κ1) is 18.1. The molecule has 1 unspecified atom stereocenters. The zero-order chi connectivity index (χ0) is 18.8. The normalized spacial score (nSPS) is 13.8. The predicted molar refractivity (Wildman–Crippen MR) is 95.8 cm³/mol. The number of nitrogens with zero attached hydrogens (tertiary/aromatic N) is 1. The number of ketones is 1. The molecule has 6 nitrogen and oxygen atoms in total. The summed E-state index contributed by atoms with van der Waals surface area (Å²) in [5.74, 6) is -1.31. The summed E-state index contributed by atoms with van der Waals surface area (Å²) < 4.78 is 5.17. The van der Waals surface area contributed by atoms with E-state index in [0.717, 1.165) is 37.0 Å². The molecule has 0 amide bonds. The van der Waals surface area contributed by atoms with E-state index >= 15 is 0 Å². The number of hydrogen-bond donors (Lipinski definition) is 0. The molecule has 0 saturated heterocycles. The molecule has 1 atom stereocenters. The number of hydrogen-bond acceptors (Lipinski definition) is 5. The van der Waals surface area contributed by atoms with Gasteiger partial charge in [0.2, 0.25) is 5.78 Å². The lowest BCUT2D eigenvalue weighted by molar-refractivity contribution is -0.385. The summed E-state index contributed by atoms with van der Waals surface area (Å²) in [6.07, 6.45) is 1.93. The molecule has 0 aliphatic heterocycles. The Kier molecular flexibility index (Phi) is 5.04. The molecule has 0 fully saturated rings. The van der Waals surface area contributed by atoms with Gasteiger partial charge in [0.15, 0.2) is 6.10 Å². The number of Topliss-reactive ketones (excluding diaryl/α,β-unsaturated/α-hetero) is 1. The van der Waals surface area contributed by atoms with Crippen LogP contribution < -0.4 is 0 Å². The van der Waals surface area contributed by atoms with E-state index in [1.807, 2.05) is 12.1 Å². The van der Waals surface area contributed by atoms with Gasteiger partial charge in [0.25, 0.3) is 5.69 Å². The summed E-state index contributed by atoms with van der Waals surface area (Å²) >= 11 is 5.82. The van der Waals surface area contributed by atoms with Gasteiger partial charge in [-0.2, -0.15) is 0 Å². The number of benzene rings is 2. The van der Waals surface area contributed by atoms with E-state index in [1.165, 1.54) is 18.6 Å². The van der Waals surface area contributed by atoms with E-state index in [4.69, 9.17) is 16.3 Å². The molecule has 0 aromatic heterocycles. The van der Waals surface area contributed by atoms with Crippen molar-refractivity contribution in [1.29, 1.82) is 0 Å². The summed E-state index contributed by atoms with van der Waals surface area (Å²) in [6, 6.07) is 9.08. The third kappa shape index (κ3) is 3.60. The van der Waals surface area contributed by atoms with Crippen LogP contribution in [-0.4, -0.2) is 22.8 Å². The number of esters is 1. The molecule has 2 aromatic rings. The topological polar surface area (TPSA) is 86.5 Å². The second-order valence-electron chi connectivity index (χ2n) is 6.17. The molecule has 1 aliphatic carbocycles. The Bertz CT molecular complexity index is 909.